The number of nitrogens with zero attached hydrogens (tertiary/aromatic N) is 3. The van der Waals surface area contributed by atoms with E-state index in [1.165, 1.54) is 32.4 Å². The molecule has 134 valence electrons. The minimum Gasteiger partial charge on any atom is -0.385 e. The van der Waals surface area contributed by atoms with Crippen LogP contribution in [0.15, 0.2) is 4.99 Å². The van der Waals surface area contributed by atoms with Gasteiger partial charge >= 0.3 is 0 Å². The van der Waals surface area contributed by atoms with Crippen molar-refractivity contribution < 1.29 is 4.74 Å². The number of likely N-dealkylation sites (N-methyl/N-ethyl adjacent to an activating group) is 1. The van der Waals surface area contributed by atoms with Gasteiger partial charge in [0.2, 0.25) is 0 Å². The standard InChI is InChI=1S/C17H35N5O/c1-18-17(19-8-11-21(2)9-4-12-23-3)20-13-15-7-10-22(14-15)16-5-6-16/h15-16H,4-14H2,1-3H3,(H2,18,19,20). The molecule has 2 rings (SSSR count). The molecule has 0 amide bonds. The maximum absolute atomic E-state index is 5.08. The summed E-state index contributed by atoms with van der Waals surface area (Å²) in [5.74, 6) is 1.70. The topological polar surface area (TPSA) is 52.1 Å². The van der Waals surface area contributed by atoms with Crippen LogP contribution in [0.3, 0.4) is 0 Å². The van der Waals surface area contributed by atoms with Gasteiger partial charge in [-0.05, 0) is 45.2 Å². The molecule has 6 heteroatoms. The van der Waals surface area contributed by atoms with E-state index in [0.29, 0.717) is 0 Å². The van der Waals surface area contributed by atoms with Crippen LogP contribution in [0.2, 0.25) is 0 Å². The van der Waals surface area contributed by atoms with Gasteiger partial charge in [-0.1, -0.05) is 0 Å². The summed E-state index contributed by atoms with van der Waals surface area (Å²) in [6.45, 7) is 7.42. The SMILES string of the molecule is CN=C(NCCN(C)CCCOC)NCC1CCN(C2CC2)C1. The third-order valence-electron chi connectivity index (χ3n) is 4.84. The largest absolute Gasteiger partial charge is 0.385 e. The third-order valence-corrected chi connectivity index (χ3v) is 4.84. The third kappa shape index (κ3) is 7.06. The molecular weight excluding hydrogens is 290 g/mol. The van der Waals surface area contributed by atoms with Gasteiger partial charge in [-0.2, -0.15) is 0 Å². The van der Waals surface area contributed by atoms with Crippen LogP contribution in [0, 0.1) is 5.92 Å². The van der Waals surface area contributed by atoms with Crippen molar-refractivity contribution in [2.45, 2.75) is 31.7 Å². The van der Waals surface area contributed by atoms with Crippen LogP contribution in [-0.4, -0.2) is 88.9 Å². The molecule has 1 heterocycles. The van der Waals surface area contributed by atoms with Crippen LogP contribution in [-0.2, 0) is 4.74 Å². The van der Waals surface area contributed by atoms with Crippen LogP contribution in [0.5, 0.6) is 0 Å². The molecule has 2 aliphatic rings. The second-order valence-electron chi connectivity index (χ2n) is 6.91. The minimum atomic E-state index is 0.769. The van der Waals surface area contributed by atoms with E-state index >= 15 is 0 Å². The Morgan fingerprint density at radius 2 is 2.09 bits per heavy atom. The number of nitrogens with one attached hydrogen (secondary N) is 2. The Morgan fingerprint density at radius 3 is 2.78 bits per heavy atom. The number of aliphatic imine (C=N–C) groups is 1. The Hall–Kier alpha value is -0.850. The molecule has 1 saturated carbocycles. The first-order valence-corrected chi connectivity index (χ1v) is 9.09. The van der Waals surface area contributed by atoms with E-state index in [9.17, 15) is 0 Å². The van der Waals surface area contributed by atoms with E-state index in [2.05, 4.69) is 32.5 Å². The van der Waals surface area contributed by atoms with E-state index in [-0.39, 0.29) is 0 Å². The van der Waals surface area contributed by atoms with Crippen molar-refractivity contribution in [1.29, 1.82) is 0 Å². The molecule has 1 aliphatic carbocycles. The Labute approximate surface area is 141 Å². The summed E-state index contributed by atoms with van der Waals surface area (Å²) in [6, 6.07) is 0.908. The molecule has 6 nitrogen and oxygen atoms in total. The normalized spacial score (nSPS) is 22.8. The van der Waals surface area contributed by atoms with E-state index in [1.54, 1.807) is 7.11 Å². The number of hydrogen-bond donors (Lipinski definition) is 2. The second kappa shape index (κ2) is 10.1. The molecule has 1 saturated heterocycles. The molecule has 0 bridgehead atoms. The average molecular weight is 326 g/mol. The summed E-state index contributed by atoms with van der Waals surface area (Å²) in [7, 11) is 5.76. The molecule has 0 radical (unpaired) electrons. The van der Waals surface area contributed by atoms with Crippen LogP contribution < -0.4 is 10.6 Å². The Morgan fingerprint density at radius 1 is 1.26 bits per heavy atom. The quantitative estimate of drug-likeness (QED) is 0.350. The van der Waals surface area contributed by atoms with Crippen LogP contribution >= 0.6 is 0 Å². The Balaban J connectivity index is 1.53. The van der Waals surface area contributed by atoms with Gasteiger partial charge in [0.05, 0.1) is 0 Å². The van der Waals surface area contributed by atoms with E-state index in [1.807, 2.05) is 7.05 Å². The zero-order chi connectivity index (χ0) is 16.5. The molecule has 0 aromatic carbocycles. The van der Waals surface area contributed by atoms with Crippen molar-refractivity contribution in [1.82, 2.24) is 20.4 Å². The van der Waals surface area contributed by atoms with Gasteiger partial charge in [0.15, 0.2) is 5.96 Å². The first-order chi connectivity index (χ1) is 11.2. The molecule has 0 spiro atoms. The predicted octanol–water partition coefficient (Wildman–Crippen LogP) is 0.604. The fourth-order valence-corrected chi connectivity index (χ4v) is 3.22. The van der Waals surface area contributed by atoms with Crippen LogP contribution in [0.1, 0.15) is 25.7 Å². The minimum absolute atomic E-state index is 0.769. The summed E-state index contributed by atoms with van der Waals surface area (Å²) in [4.78, 5) is 9.32. The van der Waals surface area contributed by atoms with Crippen molar-refractivity contribution in [3.05, 3.63) is 0 Å². The highest BCUT2D eigenvalue weighted by Gasteiger charge is 2.34. The summed E-state index contributed by atoms with van der Waals surface area (Å²) >= 11 is 0. The van der Waals surface area contributed by atoms with Crippen molar-refractivity contribution in [2.75, 3.05) is 67.1 Å². The molecule has 23 heavy (non-hydrogen) atoms. The molecule has 0 aromatic rings. The monoisotopic (exact) mass is 325 g/mol. The zero-order valence-electron chi connectivity index (χ0n) is 15.2. The van der Waals surface area contributed by atoms with E-state index in [4.69, 9.17) is 4.74 Å². The highest BCUT2D eigenvalue weighted by atomic mass is 16.5. The Kier molecular flexibility index (Phi) is 8.12. The molecule has 0 aromatic heterocycles. The van der Waals surface area contributed by atoms with Gasteiger partial charge in [-0.3, -0.25) is 4.99 Å². The van der Waals surface area contributed by atoms with Gasteiger partial charge in [0.1, 0.15) is 0 Å². The Bertz CT molecular complexity index is 359. The lowest BCUT2D eigenvalue weighted by molar-refractivity contribution is 0.180. The second-order valence-corrected chi connectivity index (χ2v) is 6.91. The highest BCUT2D eigenvalue weighted by Crippen LogP contribution is 2.31. The number of rotatable bonds is 10. The van der Waals surface area contributed by atoms with Gasteiger partial charge in [0.25, 0.3) is 0 Å². The lowest BCUT2D eigenvalue weighted by atomic mass is 10.1. The van der Waals surface area contributed by atoms with E-state index < -0.39 is 0 Å². The summed E-state index contributed by atoms with van der Waals surface area (Å²) in [5, 5.41) is 6.90. The van der Waals surface area contributed by atoms with Crippen molar-refractivity contribution >= 4 is 5.96 Å². The van der Waals surface area contributed by atoms with Crippen molar-refractivity contribution in [2.24, 2.45) is 10.9 Å². The number of ether oxygens (including phenoxy) is 1. The van der Waals surface area contributed by atoms with Crippen LogP contribution in [0.4, 0.5) is 0 Å². The number of hydrogen-bond acceptors (Lipinski definition) is 4. The fraction of sp³-hybridized carbons (Fsp3) is 0.941. The fourth-order valence-electron chi connectivity index (χ4n) is 3.22. The molecular formula is C17H35N5O. The molecule has 1 unspecified atom stereocenters. The lowest BCUT2D eigenvalue weighted by Gasteiger charge is -2.19. The highest BCUT2D eigenvalue weighted by molar-refractivity contribution is 5.79. The smallest absolute Gasteiger partial charge is 0.191 e. The van der Waals surface area contributed by atoms with Gasteiger partial charge < -0.3 is 25.2 Å². The summed E-state index contributed by atoms with van der Waals surface area (Å²) < 4.78 is 5.08. The van der Waals surface area contributed by atoms with Gasteiger partial charge in [-0.25, -0.2) is 0 Å². The first kappa shape index (κ1) is 18.5. The summed E-state index contributed by atoms with van der Waals surface area (Å²) in [5.41, 5.74) is 0. The van der Waals surface area contributed by atoms with Gasteiger partial charge in [0, 0.05) is 59.5 Å². The van der Waals surface area contributed by atoms with E-state index in [0.717, 1.165) is 57.1 Å². The van der Waals surface area contributed by atoms with Gasteiger partial charge in [-0.15, -0.1) is 0 Å². The van der Waals surface area contributed by atoms with Crippen molar-refractivity contribution in [3.8, 4) is 0 Å². The predicted molar refractivity (Wildman–Crippen MR) is 96.1 cm³/mol. The first-order valence-electron chi connectivity index (χ1n) is 9.09. The zero-order valence-corrected chi connectivity index (χ0v) is 15.2. The number of methoxy groups -OCH3 is 1. The molecule has 1 aliphatic heterocycles. The maximum atomic E-state index is 5.08. The average Bonchev–Trinajstić information content (AvgIpc) is 3.30. The number of likely N-dealkylation sites (tertiary alicyclic amines) is 1. The van der Waals surface area contributed by atoms with Crippen molar-refractivity contribution in [3.63, 3.8) is 0 Å². The molecule has 1 atom stereocenters. The summed E-state index contributed by atoms with van der Waals surface area (Å²) in [6.07, 6.45) is 5.24. The maximum Gasteiger partial charge on any atom is 0.191 e. The number of guanidine groups is 1. The lowest BCUT2D eigenvalue weighted by Crippen LogP contribution is -2.43. The molecule has 2 N–H and O–H groups in total. The van der Waals surface area contributed by atoms with Crippen LogP contribution in [0.25, 0.3) is 0 Å². The molecule has 2 fully saturated rings.